The highest BCUT2D eigenvalue weighted by molar-refractivity contribution is 7.98. The zero-order chi connectivity index (χ0) is 13.4. The van der Waals surface area contributed by atoms with E-state index in [9.17, 15) is 17.6 Å². The molecule has 0 aliphatic carbocycles. The van der Waals surface area contributed by atoms with Crippen LogP contribution in [-0.4, -0.2) is 6.26 Å². The van der Waals surface area contributed by atoms with Crippen molar-refractivity contribution in [3.8, 4) is 0 Å². The molecule has 96 valence electrons. The van der Waals surface area contributed by atoms with Gasteiger partial charge in [0.2, 0.25) is 0 Å². The summed E-state index contributed by atoms with van der Waals surface area (Å²) >= 11 is 0.647. The molecule has 1 aromatic carbocycles. The molecule has 5 heteroatoms. The van der Waals surface area contributed by atoms with Crippen molar-refractivity contribution in [3.63, 3.8) is 0 Å². The van der Waals surface area contributed by atoms with Gasteiger partial charge in [-0.3, -0.25) is 0 Å². The Balaban J connectivity index is 3.43. The third-order valence-electron chi connectivity index (χ3n) is 2.23. The minimum absolute atomic E-state index is 0.0623. The van der Waals surface area contributed by atoms with Crippen molar-refractivity contribution >= 4 is 11.8 Å². The van der Waals surface area contributed by atoms with Gasteiger partial charge in [0, 0.05) is 5.56 Å². The molecule has 0 unspecified atom stereocenters. The monoisotopic (exact) mass is 266 g/mol. The molecule has 0 bridgehead atoms. The Bertz CT molecular complexity index is 406. The summed E-state index contributed by atoms with van der Waals surface area (Å²) in [5.74, 6) is -5.20. The molecule has 0 fully saturated rings. The molecule has 0 spiro atoms. The van der Waals surface area contributed by atoms with E-state index < -0.39 is 39.1 Å². The van der Waals surface area contributed by atoms with Crippen LogP contribution in [0.4, 0.5) is 17.6 Å². The molecule has 1 rings (SSSR count). The first-order valence-corrected chi connectivity index (χ1v) is 6.30. The standard InChI is InChI=1S/C12H14F4S/c1-12(2,3)5-6-7(13)9(15)11(17-4)10(16)8(6)14/h5H2,1-4H3. The minimum atomic E-state index is -1.31. The number of hydrogen-bond acceptors (Lipinski definition) is 1. The second-order valence-electron chi connectivity index (χ2n) is 5.01. The van der Waals surface area contributed by atoms with Crippen LogP contribution in [0, 0.1) is 28.7 Å². The second-order valence-corrected chi connectivity index (χ2v) is 5.82. The van der Waals surface area contributed by atoms with Gasteiger partial charge in [0.25, 0.3) is 0 Å². The summed E-state index contributed by atoms with van der Waals surface area (Å²) in [7, 11) is 0. The average molecular weight is 266 g/mol. The van der Waals surface area contributed by atoms with Crippen LogP contribution in [0.25, 0.3) is 0 Å². The van der Waals surface area contributed by atoms with Crippen LogP contribution < -0.4 is 0 Å². The topological polar surface area (TPSA) is 0 Å². The lowest BCUT2D eigenvalue weighted by Gasteiger charge is -2.20. The van der Waals surface area contributed by atoms with Crippen molar-refractivity contribution in [2.45, 2.75) is 32.1 Å². The number of benzene rings is 1. The summed E-state index contributed by atoms with van der Waals surface area (Å²) in [5, 5.41) is 0. The molecule has 0 N–H and O–H groups in total. The normalized spacial score (nSPS) is 12.0. The van der Waals surface area contributed by atoms with Crippen LogP contribution in [0.2, 0.25) is 0 Å². The molecule has 1 aromatic rings. The predicted octanol–water partition coefficient (Wildman–Crippen LogP) is 4.55. The zero-order valence-corrected chi connectivity index (χ0v) is 10.9. The summed E-state index contributed by atoms with van der Waals surface area (Å²) in [4.78, 5) is -0.613. The van der Waals surface area contributed by atoms with E-state index in [-0.39, 0.29) is 6.42 Å². The van der Waals surface area contributed by atoms with Crippen LogP contribution >= 0.6 is 11.8 Å². The molecule has 0 radical (unpaired) electrons. The van der Waals surface area contributed by atoms with Crippen LogP contribution in [0.3, 0.4) is 0 Å². The van der Waals surface area contributed by atoms with E-state index in [0.717, 1.165) is 0 Å². The Morgan fingerprint density at radius 1 is 0.882 bits per heavy atom. The molecule has 0 aromatic heterocycles. The molecule has 0 nitrogen and oxygen atoms in total. The second kappa shape index (κ2) is 4.88. The van der Waals surface area contributed by atoms with E-state index in [2.05, 4.69) is 0 Å². The van der Waals surface area contributed by atoms with Crippen molar-refractivity contribution in [2.75, 3.05) is 6.26 Å². The first-order valence-electron chi connectivity index (χ1n) is 5.08. The molecule has 0 amide bonds. The lowest BCUT2D eigenvalue weighted by molar-refractivity contribution is 0.363. The minimum Gasteiger partial charge on any atom is -0.203 e. The van der Waals surface area contributed by atoms with Gasteiger partial charge in [-0.1, -0.05) is 20.8 Å². The first-order chi connectivity index (χ1) is 7.69. The lowest BCUT2D eigenvalue weighted by Crippen LogP contribution is -2.15. The molecule has 0 heterocycles. The predicted molar refractivity (Wildman–Crippen MR) is 61.2 cm³/mol. The fourth-order valence-electron chi connectivity index (χ4n) is 1.52. The molecule has 0 saturated heterocycles. The molecule has 17 heavy (non-hydrogen) atoms. The van der Waals surface area contributed by atoms with E-state index in [1.165, 1.54) is 6.26 Å². The Morgan fingerprint density at radius 2 is 1.29 bits per heavy atom. The summed E-state index contributed by atoms with van der Waals surface area (Å²) in [6, 6.07) is 0. The van der Waals surface area contributed by atoms with Gasteiger partial charge in [0.05, 0.1) is 4.90 Å². The van der Waals surface area contributed by atoms with Crippen molar-refractivity contribution in [3.05, 3.63) is 28.8 Å². The third-order valence-corrected chi connectivity index (χ3v) is 2.99. The highest BCUT2D eigenvalue weighted by atomic mass is 32.2. The largest absolute Gasteiger partial charge is 0.203 e. The van der Waals surface area contributed by atoms with Gasteiger partial charge in [-0.2, -0.15) is 0 Å². The highest BCUT2D eigenvalue weighted by Crippen LogP contribution is 2.33. The lowest BCUT2D eigenvalue weighted by atomic mass is 9.87. The van der Waals surface area contributed by atoms with Crippen molar-refractivity contribution in [2.24, 2.45) is 5.41 Å². The van der Waals surface area contributed by atoms with Crippen molar-refractivity contribution in [1.29, 1.82) is 0 Å². The Kier molecular flexibility index (Phi) is 4.12. The van der Waals surface area contributed by atoms with E-state index in [1.807, 2.05) is 0 Å². The van der Waals surface area contributed by atoms with Crippen LogP contribution in [0.15, 0.2) is 4.90 Å². The number of rotatable bonds is 2. The molecule has 0 aliphatic rings. The fraction of sp³-hybridized carbons (Fsp3) is 0.500. The highest BCUT2D eigenvalue weighted by Gasteiger charge is 2.27. The van der Waals surface area contributed by atoms with Crippen LogP contribution in [0.1, 0.15) is 26.3 Å². The summed E-state index contributed by atoms with van der Waals surface area (Å²) in [5.41, 5.74) is -0.980. The van der Waals surface area contributed by atoms with Gasteiger partial charge in [-0.25, -0.2) is 17.6 Å². The van der Waals surface area contributed by atoms with Crippen molar-refractivity contribution < 1.29 is 17.6 Å². The van der Waals surface area contributed by atoms with Gasteiger partial charge in [0.15, 0.2) is 23.3 Å². The summed E-state index contributed by atoms with van der Waals surface area (Å²) in [6.07, 6.45) is 1.30. The molecular formula is C12H14F4S. The number of hydrogen-bond donors (Lipinski definition) is 0. The molecule has 0 aliphatic heterocycles. The molecule has 0 saturated carbocycles. The van der Waals surface area contributed by atoms with E-state index in [4.69, 9.17) is 0 Å². The zero-order valence-electron chi connectivity index (χ0n) is 10.1. The first kappa shape index (κ1) is 14.4. The van der Waals surface area contributed by atoms with E-state index >= 15 is 0 Å². The smallest absolute Gasteiger partial charge is 0.175 e. The molecule has 0 atom stereocenters. The number of halogens is 4. The summed E-state index contributed by atoms with van der Waals surface area (Å²) < 4.78 is 54.2. The van der Waals surface area contributed by atoms with Gasteiger partial charge < -0.3 is 0 Å². The van der Waals surface area contributed by atoms with Crippen LogP contribution in [0.5, 0.6) is 0 Å². The van der Waals surface area contributed by atoms with E-state index in [1.54, 1.807) is 20.8 Å². The Labute approximate surface area is 102 Å². The fourth-order valence-corrected chi connectivity index (χ4v) is 2.06. The van der Waals surface area contributed by atoms with Gasteiger partial charge in [0.1, 0.15) is 0 Å². The van der Waals surface area contributed by atoms with Crippen LogP contribution in [-0.2, 0) is 6.42 Å². The maximum atomic E-state index is 13.6. The maximum absolute atomic E-state index is 13.6. The maximum Gasteiger partial charge on any atom is 0.175 e. The average Bonchev–Trinajstić information content (AvgIpc) is 2.21. The van der Waals surface area contributed by atoms with Gasteiger partial charge in [-0.15, -0.1) is 11.8 Å². The van der Waals surface area contributed by atoms with E-state index in [0.29, 0.717) is 11.8 Å². The Morgan fingerprint density at radius 3 is 1.59 bits per heavy atom. The SMILES string of the molecule is CSc1c(F)c(F)c(CC(C)(C)C)c(F)c1F. The van der Waals surface area contributed by atoms with Gasteiger partial charge >= 0.3 is 0 Å². The quantitative estimate of drug-likeness (QED) is 0.430. The van der Waals surface area contributed by atoms with Crippen molar-refractivity contribution in [1.82, 2.24) is 0 Å². The third kappa shape index (κ3) is 2.94. The number of thioether (sulfide) groups is 1. The Hall–Kier alpha value is -0.710. The molecular weight excluding hydrogens is 252 g/mol. The summed E-state index contributed by atoms with van der Waals surface area (Å²) in [6.45, 7) is 5.22. The van der Waals surface area contributed by atoms with Gasteiger partial charge in [-0.05, 0) is 18.1 Å².